The largest absolute Gasteiger partial charge is 0.396 e. The fourth-order valence-corrected chi connectivity index (χ4v) is 2.15. The molecular weight excluding hydrogens is 254 g/mol. The van der Waals surface area contributed by atoms with E-state index in [1.165, 1.54) is 19.3 Å². The Balaban J connectivity index is 3.54. The summed E-state index contributed by atoms with van der Waals surface area (Å²) in [6, 6.07) is 0. The number of rotatable bonds is 14. The van der Waals surface area contributed by atoms with Gasteiger partial charge in [0.05, 0.1) is 12.7 Å². The topological polar surface area (TPSA) is 61.7 Å². The molecule has 0 bridgehead atoms. The van der Waals surface area contributed by atoms with E-state index < -0.39 is 6.10 Å². The highest BCUT2D eigenvalue weighted by atomic mass is 16.5. The van der Waals surface area contributed by atoms with Crippen LogP contribution in [0.25, 0.3) is 0 Å². The zero-order chi connectivity index (χ0) is 15.2. The predicted octanol–water partition coefficient (Wildman–Crippen LogP) is 2.19. The molecule has 0 aliphatic heterocycles. The van der Waals surface area contributed by atoms with Crippen LogP contribution in [-0.4, -0.2) is 49.2 Å². The SMILES string of the molecule is CCCCC(CC)COCC(O)CNCC(C)CCO. The first kappa shape index (κ1) is 19.8. The van der Waals surface area contributed by atoms with E-state index >= 15 is 0 Å². The Morgan fingerprint density at radius 3 is 2.45 bits per heavy atom. The zero-order valence-electron chi connectivity index (χ0n) is 13.6. The van der Waals surface area contributed by atoms with E-state index in [1.807, 2.05) is 0 Å². The Bertz CT molecular complexity index is 202. The van der Waals surface area contributed by atoms with Gasteiger partial charge in [0, 0.05) is 19.8 Å². The van der Waals surface area contributed by atoms with Gasteiger partial charge in [-0.15, -0.1) is 0 Å². The van der Waals surface area contributed by atoms with Crippen LogP contribution in [0.3, 0.4) is 0 Å². The van der Waals surface area contributed by atoms with E-state index in [0.717, 1.165) is 26.0 Å². The molecule has 0 saturated heterocycles. The highest BCUT2D eigenvalue weighted by Crippen LogP contribution is 2.12. The van der Waals surface area contributed by atoms with Gasteiger partial charge >= 0.3 is 0 Å². The average molecular weight is 289 g/mol. The third-order valence-corrected chi connectivity index (χ3v) is 3.70. The van der Waals surface area contributed by atoms with Crippen LogP contribution in [-0.2, 0) is 4.74 Å². The van der Waals surface area contributed by atoms with Gasteiger partial charge in [-0.05, 0) is 31.2 Å². The van der Waals surface area contributed by atoms with Gasteiger partial charge in [-0.3, -0.25) is 0 Å². The molecule has 0 aliphatic carbocycles. The lowest BCUT2D eigenvalue weighted by atomic mass is 10.0. The second-order valence-corrected chi connectivity index (χ2v) is 5.88. The van der Waals surface area contributed by atoms with Crippen molar-refractivity contribution in [1.82, 2.24) is 5.32 Å². The molecule has 0 radical (unpaired) electrons. The van der Waals surface area contributed by atoms with Gasteiger partial charge in [-0.1, -0.05) is 40.0 Å². The van der Waals surface area contributed by atoms with E-state index in [2.05, 4.69) is 26.1 Å². The first-order chi connectivity index (χ1) is 9.63. The Morgan fingerprint density at radius 1 is 1.10 bits per heavy atom. The van der Waals surface area contributed by atoms with Gasteiger partial charge in [0.15, 0.2) is 0 Å². The molecular formula is C16H35NO3. The Kier molecular flexibility index (Phi) is 13.7. The smallest absolute Gasteiger partial charge is 0.0897 e. The van der Waals surface area contributed by atoms with Crippen molar-refractivity contribution in [1.29, 1.82) is 0 Å². The van der Waals surface area contributed by atoms with Gasteiger partial charge in [-0.25, -0.2) is 0 Å². The molecule has 4 nitrogen and oxygen atoms in total. The molecule has 0 spiro atoms. The second kappa shape index (κ2) is 13.8. The van der Waals surface area contributed by atoms with Crippen molar-refractivity contribution in [3.05, 3.63) is 0 Å². The minimum atomic E-state index is -0.444. The molecule has 122 valence electrons. The van der Waals surface area contributed by atoms with Crippen molar-refractivity contribution >= 4 is 0 Å². The lowest BCUT2D eigenvalue weighted by Crippen LogP contribution is -2.33. The predicted molar refractivity (Wildman–Crippen MR) is 83.9 cm³/mol. The molecule has 0 saturated carbocycles. The van der Waals surface area contributed by atoms with Crippen molar-refractivity contribution in [3.63, 3.8) is 0 Å². The van der Waals surface area contributed by atoms with Crippen LogP contribution < -0.4 is 5.32 Å². The molecule has 0 heterocycles. The van der Waals surface area contributed by atoms with Crippen LogP contribution in [0, 0.1) is 11.8 Å². The standard InChI is InChI=1S/C16H35NO3/c1-4-6-7-15(5-2)12-20-13-16(19)11-17-10-14(3)8-9-18/h14-19H,4-13H2,1-3H3. The number of nitrogens with one attached hydrogen (secondary N) is 1. The van der Waals surface area contributed by atoms with Crippen molar-refractivity contribution in [2.75, 3.05) is 32.9 Å². The summed E-state index contributed by atoms with van der Waals surface area (Å²) in [7, 11) is 0. The maximum atomic E-state index is 9.82. The van der Waals surface area contributed by atoms with E-state index in [0.29, 0.717) is 25.0 Å². The Morgan fingerprint density at radius 2 is 1.85 bits per heavy atom. The molecule has 20 heavy (non-hydrogen) atoms. The summed E-state index contributed by atoms with van der Waals surface area (Å²) in [5.74, 6) is 1.06. The van der Waals surface area contributed by atoms with Crippen molar-refractivity contribution in [2.24, 2.45) is 11.8 Å². The zero-order valence-corrected chi connectivity index (χ0v) is 13.6. The Labute approximate surface area is 124 Å². The molecule has 0 rings (SSSR count). The lowest BCUT2D eigenvalue weighted by molar-refractivity contribution is 0.0190. The second-order valence-electron chi connectivity index (χ2n) is 5.88. The Hall–Kier alpha value is -0.160. The van der Waals surface area contributed by atoms with Crippen molar-refractivity contribution < 1.29 is 14.9 Å². The summed E-state index contributed by atoms with van der Waals surface area (Å²) in [5, 5.41) is 21.8. The molecule has 0 aromatic heterocycles. The number of hydrogen-bond acceptors (Lipinski definition) is 4. The molecule has 3 N–H and O–H groups in total. The van der Waals surface area contributed by atoms with Crippen molar-refractivity contribution in [2.45, 2.75) is 59.0 Å². The van der Waals surface area contributed by atoms with Gasteiger partial charge in [-0.2, -0.15) is 0 Å². The summed E-state index contributed by atoms with van der Waals surface area (Å²) in [6.07, 6.45) is 5.21. The van der Waals surface area contributed by atoms with Crippen LogP contribution >= 0.6 is 0 Å². The molecule has 0 aromatic rings. The van der Waals surface area contributed by atoms with Crippen LogP contribution in [0.4, 0.5) is 0 Å². The molecule has 0 aliphatic rings. The van der Waals surface area contributed by atoms with E-state index in [1.54, 1.807) is 0 Å². The monoisotopic (exact) mass is 289 g/mol. The van der Waals surface area contributed by atoms with Crippen LogP contribution in [0.2, 0.25) is 0 Å². The molecule has 0 amide bonds. The maximum Gasteiger partial charge on any atom is 0.0897 e. The highest BCUT2D eigenvalue weighted by Gasteiger charge is 2.09. The highest BCUT2D eigenvalue weighted by molar-refractivity contribution is 4.63. The minimum Gasteiger partial charge on any atom is -0.396 e. The minimum absolute atomic E-state index is 0.227. The maximum absolute atomic E-state index is 9.82. The van der Waals surface area contributed by atoms with Gasteiger partial charge in [0.25, 0.3) is 0 Å². The van der Waals surface area contributed by atoms with E-state index in [9.17, 15) is 5.11 Å². The van der Waals surface area contributed by atoms with Gasteiger partial charge in [0.2, 0.25) is 0 Å². The summed E-state index contributed by atoms with van der Waals surface area (Å²) < 4.78 is 5.62. The third-order valence-electron chi connectivity index (χ3n) is 3.70. The van der Waals surface area contributed by atoms with E-state index in [4.69, 9.17) is 9.84 Å². The number of aliphatic hydroxyl groups is 2. The molecule has 0 fully saturated rings. The quantitative estimate of drug-likeness (QED) is 0.459. The average Bonchev–Trinajstić information content (AvgIpc) is 2.43. The first-order valence-corrected chi connectivity index (χ1v) is 8.21. The van der Waals surface area contributed by atoms with Crippen molar-refractivity contribution in [3.8, 4) is 0 Å². The molecule has 3 unspecified atom stereocenters. The lowest BCUT2D eigenvalue weighted by Gasteiger charge is -2.18. The van der Waals surface area contributed by atoms with Crippen LogP contribution in [0.5, 0.6) is 0 Å². The molecule has 3 atom stereocenters. The number of ether oxygens (including phenoxy) is 1. The summed E-state index contributed by atoms with van der Waals surface area (Å²) in [6.45, 7) is 9.27. The number of aliphatic hydroxyl groups excluding tert-OH is 2. The molecule has 4 heteroatoms. The first-order valence-electron chi connectivity index (χ1n) is 8.21. The normalized spacial score (nSPS) is 16.1. The number of hydrogen-bond donors (Lipinski definition) is 3. The summed E-state index contributed by atoms with van der Waals surface area (Å²) in [5.41, 5.74) is 0. The summed E-state index contributed by atoms with van der Waals surface area (Å²) >= 11 is 0. The van der Waals surface area contributed by atoms with Crippen LogP contribution in [0.1, 0.15) is 52.9 Å². The molecule has 0 aromatic carbocycles. The van der Waals surface area contributed by atoms with Gasteiger partial charge < -0.3 is 20.3 Å². The van der Waals surface area contributed by atoms with Gasteiger partial charge in [0.1, 0.15) is 0 Å². The fourth-order valence-electron chi connectivity index (χ4n) is 2.15. The number of unbranched alkanes of at least 4 members (excludes halogenated alkanes) is 1. The van der Waals surface area contributed by atoms with E-state index in [-0.39, 0.29) is 6.61 Å². The fraction of sp³-hybridized carbons (Fsp3) is 1.00. The third kappa shape index (κ3) is 11.6. The summed E-state index contributed by atoms with van der Waals surface area (Å²) in [4.78, 5) is 0. The van der Waals surface area contributed by atoms with Crippen LogP contribution in [0.15, 0.2) is 0 Å².